The number of amides is 1. The number of hydrogen-bond acceptors (Lipinski definition) is 5. The molecule has 0 unspecified atom stereocenters. The highest BCUT2D eigenvalue weighted by Gasteiger charge is 2.46. The molecule has 4 aromatic heterocycles. The molecule has 1 aliphatic carbocycles. The zero-order valence-electron chi connectivity index (χ0n) is 14.5. The average Bonchev–Trinajstić information content (AvgIpc) is 3.22. The van der Waals surface area contributed by atoms with Crippen LogP contribution in [-0.4, -0.2) is 42.4 Å². The standard InChI is InChI=1S/C18H15F2N7O/c19-18(20)4-10(5-18)25-16(28)13-8-24-27-2-1-9(3-14(13)27)11-6-22-15-12(11)7-23-17(21)26-15/h1-3,6-8,10H,4-5H2,(H,25,28)(H3,21,22,23,26). The quantitative estimate of drug-likeness (QED) is 0.503. The van der Waals surface area contributed by atoms with E-state index in [1.807, 2.05) is 12.1 Å². The molecule has 10 heteroatoms. The number of nitrogen functional groups attached to an aromatic ring is 1. The van der Waals surface area contributed by atoms with Crippen LogP contribution >= 0.6 is 0 Å². The van der Waals surface area contributed by atoms with E-state index in [2.05, 4.69) is 25.4 Å². The lowest BCUT2D eigenvalue weighted by molar-refractivity contribution is -0.0901. The lowest BCUT2D eigenvalue weighted by Gasteiger charge is -2.35. The summed E-state index contributed by atoms with van der Waals surface area (Å²) in [4.78, 5) is 23.8. The Hall–Kier alpha value is -3.56. The van der Waals surface area contributed by atoms with Gasteiger partial charge in [-0.1, -0.05) is 0 Å². The Morgan fingerprint density at radius 2 is 2.18 bits per heavy atom. The Balaban J connectivity index is 1.50. The molecule has 0 saturated heterocycles. The highest BCUT2D eigenvalue weighted by Crippen LogP contribution is 2.37. The van der Waals surface area contributed by atoms with Gasteiger partial charge in [-0.05, 0) is 17.7 Å². The van der Waals surface area contributed by atoms with Crippen molar-refractivity contribution in [2.75, 3.05) is 5.73 Å². The van der Waals surface area contributed by atoms with Gasteiger partial charge in [0, 0.05) is 48.4 Å². The molecule has 28 heavy (non-hydrogen) atoms. The van der Waals surface area contributed by atoms with Gasteiger partial charge in [-0.2, -0.15) is 10.1 Å². The largest absolute Gasteiger partial charge is 0.368 e. The van der Waals surface area contributed by atoms with Gasteiger partial charge >= 0.3 is 0 Å². The number of H-pyrrole nitrogens is 1. The van der Waals surface area contributed by atoms with Crippen LogP contribution in [-0.2, 0) is 0 Å². The molecule has 4 N–H and O–H groups in total. The second kappa shape index (κ2) is 5.72. The minimum absolute atomic E-state index is 0.174. The van der Waals surface area contributed by atoms with E-state index in [1.54, 1.807) is 23.1 Å². The van der Waals surface area contributed by atoms with E-state index in [1.165, 1.54) is 6.20 Å². The van der Waals surface area contributed by atoms with Crippen LogP contribution in [0, 0.1) is 0 Å². The van der Waals surface area contributed by atoms with Crippen LogP contribution < -0.4 is 11.1 Å². The smallest absolute Gasteiger partial charge is 0.255 e. The van der Waals surface area contributed by atoms with Gasteiger partial charge < -0.3 is 16.0 Å². The second-order valence-electron chi connectivity index (χ2n) is 6.93. The number of anilines is 1. The summed E-state index contributed by atoms with van der Waals surface area (Å²) in [5.41, 5.74) is 8.81. The molecule has 1 amide bonds. The number of nitrogens with one attached hydrogen (secondary N) is 2. The van der Waals surface area contributed by atoms with Crippen LogP contribution in [0.3, 0.4) is 0 Å². The lowest BCUT2D eigenvalue weighted by Crippen LogP contribution is -2.50. The van der Waals surface area contributed by atoms with Crippen molar-refractivity contribution in [3.63, 3.8) is 0 Å². The minimum atomic E-state index is -2.69. The minimum Gasteiger partial charge on any atom is -0.368 e. The molecule has 0 aliphatic heterocycles. The summed E-state index contributed by atoms with van der Waals surface area (Å²) >= 11 is 0. The number of fused-ring (bicyclic) bond motifs is 2. The number of aromatic amines is 1. The molecule has 0 spiro atoms. The number of rotatable bonds is 3. The number of nitrogens with zero attached hydrogens (tertiary/aromatic N) is 4. The zero-order chi connectivity index (χ0) is 19.5. The summed E-state index contributed by atoms with van der Waals surface area (Å²) in [7, 11) is 0. The Morgan fingerprint density at radius 3 is 2.96 bits per heavy atom. The number of halogens is 2. The van der Waals surface area contributed by atoms with E-state index in [-0.39, 0.29) is 18.8 Å². The van der Waals surface area contributed by atoms with Gasteiger partial charge in [0.15, 0.2) is 0 Å². The molecule has 8 nitrogen and oxygen atoms in total. The number of carbonyl (C=O) groups excluding carboxylic acids is 1. The third kappa shape index (κ3) is 2.65. The first-order valence-electron chi connectivity index (χ1n) is 8.66. The maximum absolute atomic E-state index is 13.0. The fraction of sp³-hybridized carbons (Fsp3) is 0.222. The van der Waals surface area contributed by atoms with Crippen molar-refractivity contribution in [3.8, 4) is 11.1 Å². The molecule has 0 atom stereocenters. The normalized spacial score (nSPS) is 16.4. The predicted molar refractivity (Wildman–Crippen MR) is 97.9 cm³/mol. The van der Waals surface area contributed by atoms with E-state index in [4.69, 9.17) is 5.73 Å². The summed E-state index contributed by atoms with van der Waals surface area (Å²) in [6.45, 7) is 0. The molecule has 142 valence electrons. The molecule has 1 aliphatic rings. The van der Waals surface area contributed by atoms with Gasteiger partial charge in [-0.3, -0.25) is 4.79 Å². The highest BCUT2D eigenvalue weighted by atomic mass is 19.3. The molecule has 1 fully saturated rings. The van der Waals surface area contributed by atoms with E-state index < -0.39 is 17.9 Å². The Labute approximate surface area is 156 Å². The number of carbonyl (C=O) groups is 1. The summed E-state index contributed by atoms with van der Waals surface area (Å²) in [6.07, 6.45) is 5.93. The number of nitrogens with two attached hydrogens (primary N) is 1. The molecule has 1 saturated carbocycles. The number of alkyl halides is 2. The molecule has 5 rings (SSSR count). The third-order valence-corrected chi connectivity index (χ3v) is 4.95. The van der Waals surface area contributed by atoms with Crippen molar-refractivity contribution in [1.29, 1.82) is 0 Å². The molecule has 0 radical (unpaired) electrons. The van der Waals surface area contributed by atoms with E-state index >= 15 is 0 Å². The van der Waals surface area contributed by atoms with E-state index in [9.17, 15) is 13.6 Å². The van der Waals surface area contributed by atoms with Crippen LogP contribution in [0.4, 0.5) is 14.7 Å². The first kappa shape index (κ1) is 16.6. The van der Waals surface area contributed by atoms with E-state index in [0.29, 0.717) is 16.7 Å². The molecule has 0 aromatic carbocycles. The first-order chi connectivity index (χ1) is 13.4. The molecular formula is C18H15F2N7O. The summed E-state index contributed by atoms with van der Waals surface area (Å²) in [5.74, 6) is -2.93. The summed E-state index contributed by atoms with van der Waals surface area (Å²) in [6, 6.07) is 3.15. The number of pyridine rings is 1. The topological polar surface area (TPSA) is 114 Å². The average molecular weight is 383 g/mol. The Morgan fingerprint density at radius 1 is 1.36 bits per heavy atom. The van der Waals surface area contributed by atoms with Gasteiger partial charge in [-0.15, -0.1) is 0 Å². The van der Waals surface area contributed by atoms with Crippen LogP contribution in [0.2, 0.25) is 0 Å². The van der Waals surface area contributed by atoms with Gasteiger partial charge in [-0.25, -0.2) is 18.3 Å². The van der Waals surface area contributed by atoms with Crippen molar-refractivity contribution >= 4 is 28.4 Å². The van der Waals surface area contributed by atoms with Gasteiger partial charge in [0.1, 0.15) is 5.65 Å². The second-order valence-corrected chi connectivity index (χ2v) is 6.93. The molecular weight excluding hydrogens is 368 g/mol. The maximum atomic E-state index is 13.0. The van der Waals surface area contributed by atoms with Crippen LogP contribution in [0.25, 0.3) is 27.7 Å². The summed E-state index contributed by atoms with van der Waals surface area (Å²) in [5, 5.41) is 7.61. The van der Waals surface area contributed by atoms with Crippen LogP contribution in [0.1, 0.15) is 23.2 Å². The first-order valence-corrected chi connectivity index (χ1v) is 8.66. The molecule has 4 heterocycles. The predicted octanol–water partition coefficient (Wildman–Crippen LogP) is 2.38. The lowest BCUT2D eigenvalue weighted by atomic mass is 9.88. The monoisotopic (exact) mass is 383 g/mol. The fourth-order valence-electron chi connectivity index (χ4n) is 3.51. The van der Waals surface area contributed by atoms with Crippen molar-refractivity contribution in [3.05, 3.63) is 42.5 Å². The Bertz CT molecular complexity index is 1220. The molecule has 0 bridgehead atoms. The van der Waals surface area contributed by atoms with Crippen LogP contribution in [0.5, 0.6) is 0 Å². The fourth-order valence-corrected chi connectivity index (χ4v) is 3.51. The summed E-state index contributed by atoms with van der Waals surface area (Å²) < 4.78 is 27.6. The maximum Gasteiger partial charge on any atom is 0.255 e. The SMILES string of the molecule is Nc1ncc2c(-c3ccn4ncc(C(=O)NC5CC(F)(F)C5)c4c3)c[nH]c2n1. The van der Waals surface area contributed by atoms with Gasteiger partial charge in [0.05, 0.1) is 17.3 Å². The zero-order valence-corrected chi connectivity index (χ0v) is 14.5. The number of aromatic nitrogens is 5. The number of hydrogen-bond donors (Lipinski definition) is 3. The molecule has 4 aromatic rings. The van der Waals surface area contributed by atoms with Crippen molar-refractivity contribution in [2.45, 2.75) is 24.8 Å². The van der Waals surface area contributed by atoms with Crippen molar-refractivity contribution < 1.29 is 13.6 Å². The van der Waals surface area contributed by atoms with Gasteiger partial charge in [0.25, 0.3) is 11.8 Å². The van der Waals surface area contributed by atoms with Crippen molar-refractivity contribution in [2.24, 2.45) is 0 Å². The van der Waals surface area contributed by atoms with E-state index in [0.717, 1.165) is 16.5 Å². The third-order valence-electron chi connectivity index (χ3n) is 4.95. The Kier molecular flexibility index (Phi) is 3.39. The van der Waals surface area contributed by atoms with Crippen LogP contribution in [0.15, 0.2) is 36.9 Å². The highest BCUT2D eigenvalue weighted by molar-refractivity contribution is 6.02. The van der Waals surface area contributed by atoms with Crippen molar-refractivity contribution in [1.82, 2.24) is 29.9 Å². The van der Waals surface area contributed by atoms with Gasteiger partial charge in [0.2, 0.25) is 5.95 Å².